The molecular formula is C19H23FN2OS. The monoisotopic (exact) mass is 346 g/mol. The van der Waals surface area contributed by atoms with E-state index >= 15 is 0 Å². The summed E-state index contributed by atoms with van der Waals surface area (Å²) in [6.07, 6.45) is 7.65. The molecular weight excluding hydrogens is 323 g/mol. The summed E-state index contributed by atoms with van der Waals surface area (Å²) in [5.41, 5.74) is 0.674. The van der Waals surface area contributed by atoms with Crippen molar-refractivity contribution in [3.63, 3.8) is 0 Å². The second-order valence-corrected chi connectivity index (χ2v) is 6.72. The highest BCUT2D eigenvalue weighted by molar-refractivity contribution is 7.80. The first kappa shape index (κ1) is 17.0. The summed E-state index contributed by atoms with van der Waals surface area (Å²) >= 11 is 5.68. The SMILES string of the molecule is C[C@@H](c1ccco1)N(C(=S)Nc1cccc(F)c1)C1CCCCC1. The van der Waals surface area contributed by atoms with E-state index in [2.05, 4.69) is 17.1 Å². The summed E-state index contributed by atoms with van der Waals surface area (Å²) in [6.45, 7) is 2.10. The van der Waals surface area contributed by atoms with Crippen molar-refractivity contribution in [1.29, 1.82) is 0 Å². The predicted molar refractivity (Wildman–Crippen MR) is 98.5 cm³/mol. The number of rotatable bonds is 4. The van der Waals surface area contributed by atoms with Crippen molar-refractivity contribution in [2.24, 2.45) is 0 Å². The zero-order valence-electron chi connectivity index (χ0n) is 13.9. The summed E-state index contributed by atoms with van der Waals surface area (Å²) in [6, 6.07) is 10.7. The fourth-order valence-corrected chi connectivity index (χ4v) is 3.86. The molecule has 1 N–H and O–H groups in total. The van der Waals surface area contributed by atoms with Gasteiger partial charge in [-0.3, -0.25) is 0 Å². The molecule has 1 saturated carbocycles. The Labute approximate surface area is 147 Å². The molecule has 3 rings (SSSR count). The van der Waals surface area contributed by atoms with Gasteiger partial charge in [0.05, 0.1) is 12.3 Å². The Balaban J connectivity index is 1.81. The van der Waals surface area contributed by atoms with Crippen LogP contribution in [0.25, 0.3) is 0 Å². The molecule has 128 valence electrons. The number of thiocarbonyl (C=S) groups is 1. The first-order valence-corrected chi connectivity index (χ1v) is 8.94. The van der Waals surface area contributed by atoms with Gasteiger partial charge in [-0.25, -0.2) is 4.39 Å². The minimum absolute atomic E-state index is 0.0386. The molecule has 0 amide bonds. The number of halogens is 1. The molecule has 0 unspecified atom stereocenters. The van der Waals surface area contributed by atoms with Crippen LogP contribution in [0.15, 0.2) is 47.1 Å². The molecule has 1 aromatic heterocycles. The van der Waals surface area contributed by atoms with Crippen molar-refractivity contribution >= 4 is 23.0 Å². The number of hydrogen-bond donors (Lipinski definition) is 1. The second kappa shape index (κ2) is 7.79. The van der Waals surface area contributed by atoms with E-state index in [9.17, 15) is 4.39 Å². The molecule has 1 fully saturated rings. The van der Waals surface area contributed by atoms with Crippen molar-refractivity contribution in [2.45, 2.75) is 51.1 Å². The lowest BCUT2D eigenvalue weighted by atomic mass is 9.93. The third-order valence-corrected chi connectivity index (χ3v) is 4.96. The fourth-order valence-electron chi connectivity index (χ4n) is 3.44. The molecule has 0 radical (unpaired) electrons. The molecule has 0 bridgehead atoms. The molecule has 0 aliphatic heterocycles. The Morgan fingerprint density at radius 1 is 1.25 bits per heavy atom. The standard InChI is InChI=1S/C19H23FN2OS/c1-14(18-11-6-12-23-18)22(17-9-3-2-4-10-17)19(24)21-16-8-5-7-15(20)13-16/h5-8,11-14,17H,2-4,9-10H2,1H3,(H,21,24)/t14-/m0/s1. The van der Waals surface area contributed by atoms with E-state index in [1.54, 1.807) is 12.3 Å². The minimum atomic E-state index is -0.272. The van der Waals surface area contributed by atoms with Crippen LogP contribution in [0.1, 0.15) is 50.8 Å². The van der Waals surface area contributed by atoms with Crippen LogP contribution < -0.4 is 5.32 Å². The maximum atomic E-state index is 13.4. The number of hydrogen-bond acceptors (Lipinski definition) is 2. The number of anilines is 1. The summed E-state index contributed by atoms with van der Waals surface area (Å²) < 4.78 is 19.0. The largest absolute Gasteiger partial charge is 0.467 e. The number of furan rings is 1. The van der Waals surface area contributed by atoms with Crippen molar-refractivity contribution in [1.82, 2.24) is 4.90 Å². The Morgan fingerprint density at radius 2 is 2.04 bits per heavy atom. The van der Waals surface area contributed by atoms with Crippen LogP contribution >= 0.6 is 12.2 Å². The number of nitrogens with one attached hydrogen (secondary N) is 1. The number of benzene rings is 1. The Morgan fingerprint density at radius 3 is 2.71 bits per heavy atom. The van der Waals surface area contributed by atoms with Crippen molar-refractivity contribution in [3.05, 3.63) is 54.2 Å². The maximum absolute atomic E-state index is 13.4. The molecule has 1 aliphatic carbocycles. The van der Waals surface area contributed by atoms with Crippen LogP contribution in [-0.4, -0.2) is 16.1 Å². The van der Waals surface area contributed by atoms with Gasteiger partial charge in [0.2, 0.25) is 0 Å². The van der Waals surface area contributed by atoms with Gasteiger partial charge in [-0.2, -0.15) is 0 Å². The maximum Gasteiger partial charge on any atom is 0.174 e. The summed E-state index contributed by atoms with van der Waals surface area (Å²) in [4.78, 5) is 2.22. The Bertz CT molecular complexity index is 668. The zero-order chi connectivity index (χ0) is 16.9. The van der Waals surface area contributed by atoms with Gasteiger partial charge in [0.1, 0.15) is 11.6 Å². The van der Waals surface area contributed by atoms with E-state index in [0.29, 0.717) is 16.8 Å². The highest BCUT2D eigenvalue weighted by Gasteiger charge is 2.29. The summed E-state index contributed by atoms with van der Waals surface area (Å²) in [7, 11) is 0. The van der Waals surface area contributed by atoms with Crippen molar-refractivity contribution in [2.75, 3.05) is 5.32 Å². The first-order chi connectivity index (χ1) is 11.6. The van der Waals surface area contributed by atoms with Gasteiger partial charge >= 0.3 is 0 Å². The van der Waals surface area contributed by atoms with Crippen molar-refractivity contribution < 1.29 is 8.81 Å². The molecule has 5 heteroatoms. The molecule has 0 spiro atoms. The molecule has 1 aromatic carbocycles. The van der Waals surface area contributed by atoms with Crippen LogP contribution in [0, 0.1) is 5.82 Å². The minimum Gasteiger partial charge on any atom is -0.467 e. The quantitative estimate of drug-likeness (QED) is 0.739. The topological polar surface area (TPSA) is 28.4 Å². The third-order valence-electron chi connectivity index (χ3n) is 4.65. The molecule has 0 saturated heterocycles. The molecule has 1 heterocycles. The van der Waals surface area contributed by atoms with Gasteiger partial charge in [-0.15, -0.1) is 0 Å². The summed E-state index contributed by atoms with van der Waals surface area (Å²) in [5, 5.41) is 3.82. The molecule has 1 aliphatic rings. The Kier molecular flexibility index (Phi) is 5.51. The van der Waals surface area contributed by atoms with Gasteiger partial charge in [-0.05, 0) is 62.3 Å². The molecule has 3 nitrogen and oxygen atoms in total. The van der Waals surface area contributed by atoms with E-state index in [1.807, 2.05) is 18.2 Å². The molecule has 1 atom stereocenters. The van der Waals surface area contributed by atoms with Crippen LogP contribution in [0.4, 0.5) is 10.1 Å². The fraction of sp³-hybridized carbons (Fsp3) is 0.421. The highest BCUT2D eigenvalue weighted by atomic mass is 32.1. The lowest BCUT2D eigenvalue weighted by molar-refractivity contribution is 0.186. The van der Waals surface area contributed by atoms with E-state index in [0.717, 1.165) is 18.6 Å². The van der Waals surface area contributed by atoms with Crippen molar-refractivity contribution in [3.8, 4) is 0 Å². The summed E-state index contributed by atoms with van der Waals surface area (Å²) in [5.74, 6) is 0.620. The lowest BCUT2D eigenvalue weighted by Crippen LogP contribution is -2.45. The smallest absolute Gasteiger partial charge is 0.174 e. The zero-order valence-corrected chi connectivity index (χ0v) is 14.7. The first-order valence-electron chi connectivity index (χ1n) is 8.53. The second-order valence-electron chi connectivity index (χ2n) is 6.33. The van der Waals surface area contributed by atoms with Gasteiger partial charge in [0.15, 0.2) is 5.11 Å². The molecule has 24 heavy (non-hydrogen) atoms. The van der Waals surface area contributed by atoms with Crippen LogP contribution in [0.5, 0.6) is 0 Å². The normalized spacial score (nSPS) is 16.6. The number of nitrogens with zero attached hydrogens (tertiary/aromatic N) is 1. The van der Waals surface area contributed by atoms with E-state index in [4.69, 9.17) is 16.6 Å². The highest BCUT2D eigenvalue weighted by Crippen LogP contribution is 2.31. The van der Waals surface area contributed by atoms with Crippen LogP contribution in [0.3, 0.4) is 0 Å². The third kappa shape index (κ3) is 3.96. The van der Waals surface area contributed by atoms with Gasteiger partial charge in [-0.1, -0.05) is 25.3 Å². The van der Waals surface area contributed by atoms with E-state index < -0.39 is 0 Å². The van der Waals surface area contributed by atoms with Gasteiger partial charge < -0.3 is 14.6 Å². The predicted octanol–water partition coefficient (Wildman–Crippen LogP) is 5.51. The average molecular weight is 346 g/mol. The lowest BCUT2D eigenvalue weighted by Gasteiger charge is -2.39. The van der Waals surface area contributed by atoms with Gasteiger partial charge in [0, 0.05) is 11.7 Å². The van der Waals surface area contributed by atoms with E-state index in [1.165, 1.54) is 31.4 Å². The van der Waals surface area contributed by atoms with E-state index in [-0.39, 0.29) is 11.9 Å². The van der Waals surface area contributed by atoms with Gasteiger partial charge in [0.25, 0.3) is 0 Å². The Hall–Kier alpha value is -1.88. The van der Waals surface area contributed by atoms with Crippen LogP contribution in [0.2, 0.25) is 0 Å². The average Bonchev–Trinajstić information content (AvgIpc) is 3.10. The molecule has 2 aromatic rings. The van der Waals surface area contributed by atoms with Crippen LogP contribution in [-0.2, 0) is 0 Å².